The lowest BCUT2D eigenvalue weighted by molar-refractivity contribution is -0.158. The predicted molar refractivity (Wildman–Crippen MR) is 136 cm³/mol. The van der Waals surface area contributed by atoms with E-state index in [1.54, 1.807) is 20.8 Å². The molecule has 1 heterocycles. The number of aromatic nitrogens is 2. The zero-order valence-electron chi connectivity index (χ0n) is 21.0. The third-order valence-corrected chi connectivity index (χ3v) is 6.07. The van der Waals surface area contributed by atoms with Crippen LogP contribution in [-0.4, -0.2) is 34.3 Å². The van der Waals surface area contributed by atoms with E-state index in [0.29, 0.717) is 30.5 Å². The van der Waals surface area contributed by atoms with Crippen LogP contribution >= 0.6 is 11.6 Å². The molecule has 0 atom stereocenters. The van der Waals surface area contributed by atoms with Gasteiger partial charge in [0.25, 0.3) is 0 Å². The maximum absolute atomic E-state index is 12.3. The van der Waals surface area contributed by atoms with E-state index in [2.05, 4.69) is 11.5 Å². The first kappa shape index (κ1) is 25.9. The Hall–Kier alpha value is -2.73. The molecule has 34 heavy (non-hydrogen) atoms. The molecule has 0 amide bonds. The van der Waals surface area contributed by atoms with E-state index in [1.165, 1.54) is 0 Å². The van der Waals surface area contributed by atoms with Crippen molar-refractivity contribution in [3.05, 3.63) is 52.3 Å². The van der Waals surface area contributed by atoms with Crippen LogP contribution in [0.25, 0.3) is 11.0 Å². The van der Waals surface area contributed by atoms with E-state index in [0.717, 1.165) is 53.0 Å². The molecule has 1 aromatic heterocycles. The molecule has 0 aliphatic heterocycles. The van der Waals surface area contributed by atoms with E-state index < -0.39 is 11.6 Å². The highest BCUT2D eigenvalue weighted by molar-refractivity contribution is 6.31. The van der Waals surface area contributed by atoms with Gasteiger partial charge >= 0.3 is 5.97 Å². The second-order valence-electron chi connectivity index (χ2n) is 8.99. The number of rotatable bonds is 11. The first-order valence-corrected chi connectivity index (χ1v) is 12.3. The van der Waals surface area contributed by atoms with E-state index in [4.69, 9.17) is 30.8 Å². The number of unbranched alkanes of at least 4 members (excludes halogenated alkanes) is 2. The zero-order valence-corrected chi connectivity index (χ0v) is 21.8. The van der Waals surface area contributed by atoms with Gasteiger partial charge < -0.3 is 18.8 Å². The third kappa shape index (κ3) is 6.03. The van der Waals surface area contributed by atoms with Crippen molar-refractivity contribution in [2.45, 2.75) is 73.0 Å². The van der Waals surface area contributed by atoms with Gasteiger partial charge in [-0.15, -0.1) is 0 Å². The van der Waals surface area contributed by atoms with Crippen LogP contribution in [0.5, 0.6) is 11.5 Å². The highest BCUT2D eigenvalue weighted by Crippen LogP contribution is 2.31. The summed E-state index contributed by atoms with van der Waals surface area (Å²) in [7, 11) is 0. The molecule has 0 aliphatic carbocycles. The van der Waals surface area contributed by atoms with Crippen LogP contribution in [0.4, 0.5) is 0 Å². The fourth-order valence-corrected chi connectivity index (χ4v) is 4.06. The monoisotopic (exact) mass is 486 g/mol. The minimum atomic E-state index is -1.10. The smallest absolute Gasteiger partial charge is 0.349 e. The molecule has 0 saturated heterocycles. The van der Waals surface area contributed by atoms with E-state index in [-0.39, 0.29) is 0 Å². The molecule has 7 heteroatoms. The number of aryl methyl sites for hydroxylation is 2. The van der Waals surface area contributed by atoms with Gasteiger partial charge in [0.05, 0.1) is 30.8 Å². The second-order valence-corrected chi connectivity index (χ2v) is 9.40. The minimum absolute atomic E-state index is 0.305. The number of ether oxygens (including phenoxy) is 3. The molecule has 0 saturated carbocycles. The fourth-order valence-electron chi connectivity index (χ4n) is 3.83. The van der Waals surface area contributed by atoms with Gasteiger partial charge in [-0.1, -0.05) is 37.4 Å². The van der Waals surface area contributed by atoms with Gasteiger partial charge in [-0.25, -0.2) is 9.78 Å². The van der Waals surface area contributed by atoms with Gasteiger partial charge in [-0.05, 0) is 70.4 Å². The quantitative estimate of drug-likeness (QED) is 0.224. The summed E-state index contributed by atoms with van der Waals surface area (Å²) >= 11 is 6.61. The second kappa shape index (κ2) is 11.1. The molecule has 0 fully saturated rings. The normalized spacial score (nSPS) is 11.6. The lowest BCUT2D eigenvalue weighted by atomic mass is 10.1. The molecular weight excluding hydrogens is 452 g/mol. The van der Waals surface area contributed by atoms with Gasteiger partial charge in [0.1, 0.15) is 17.3 Å². The van der Waals surface area contributed by atoms with Crippen LogP contribution in [0.2, 0.25) is 5.02 Å². The Morgan fingerprint density at radius 1 is 1.09 bits per heavy atom. The van der Waals surface area contributed by atoms with Crippen molar-refractivity contribution in [2.75, 3.05) is 13.2 Å². The van der Waals surface area contributed by atoms with Crippen molar-refractivity contribution in [3.63, 3.8) is 0 Å². The summed E-state index contributed by atoms with van der Waals surface area (Å²) in [4.78, 5) is 17.1. The third-order valence-electron chi connectivity index (χ3n) is 5.72. The summed E-state index contributed by atoms with van der Waals surface area (Å²) in [6.45, 7) is 12.9. The van der Waals surface area contributed by atoms with Crippen LogP contribution in [-0.2, 0) is 16.1 Å². The standard InChI is InChI=1S/C27H35ClN2O4/c1-7-9-10-13-33-21-12-11-20(23(28)15-21)17-30-19(4)29-25-18(3)14-22(16-24(25)30)34-27(5,6)26(31)32-8-2/h11-12,14-16H,7-10,13,17H2,1-6H3. The number of imidazole rings is 1. The minimum Gasteiger partial charge on any atom is -0.494 e. The van der Waals surface area contributed by atoms with Crippen LogP contribution < -0.4 is 9.47 Å². The van der Waals surface area contributed by atoms with Gasteiger partial charge in [0, 0.05) is 11.1 Å². The van der Waals surface area contributed by atoms with Crippen molar-refractivity contribution in [1.29, 1.82) is 0 Å². The first-order valence-electron chi connectivity index (χ1n) is 11.9. The topological polar surface area (TPSA) is 62.6 Å². The van der Waals surface area contributed by atoms with Crippen molar-refractivity contribution in [2.24, 2.45) is 0 Å². The molecule has 0 N–H and O–H groups in total. The lowest BCUT2D eigenvalue weighted by Crippen LogP contribution is -2.39. The Morgan fingerprint density at radius 3 is 2.53 bits per heavy atom. The summed E-state index contributed by atoms with van der Waals surface area (Å²) in [5, 5.41) is 0.654. The molecule has 0 radical (unpaired) electrons. The molecule has 3 aromatic rings. The van der Waals surface area contributed by atoms with Crippen molar-refractivity contribution < 1.29 is 19.0 Å². The molecule has 0 unspecified atom stereocenters. The predicted octanol–water partition coefficient (Wildman–Crippen LogP) is 6.64. The van der Waals surface area contributed by atoms with Gasteiger partial charge in [-0.3, -0.25) is 0 Å². The molecule has 0 bridgehead atoms. The van der Waals surface area contributed by atoms with Crippen LogP contribution in [0, 0.1) is 13.8 Å². The molecular formula is C27H35ClN2O4. The molecule has 0 aliphatic rings. The first-order chi connectivity index (χ1) is 16.2. The Morgan fingerprint density at radius 2 is 1.85 bits per heavy atom. The summed E-state index contributed by atoms with van der Waals surface area (Å²) in [6, 6.07) is 9.65. The SMILES string of the molecule is CCCCCOc1ccc(Cn2c(C)nc3c(C)cc(OC(C)(C)C(=O)OCC)cc32)c(Cl)c1. The number of benzene rings is 2. The Balaban J connectivity index is 1.87. The summed E-state index contributed by atoms with van der Waals surface area (Å²) in [6.07, 6.45) is 3.35. The van der Waals surface area contributed by atoms with E-state index >= 15 is 0 Å². The number of esters is 1. The average Bonchev–Trinajstić information content (AvgIpc) is 3.08. The van der Waals surface area contributed by atoms with Crippen LogP contribution in [0.15, 0.2) is 30.3 Å². The zero-order chi connectivity index (χ0) is 24.9. The Kier molecular flexibility index (Phi) is 8.47. The van der Waals surface area contributed by atoms with Crippen molar-refractivity contribution in [1.82, 2.24) is 9.55 Å². The molecule has 0 spiro atoms. The number of hydrogen-bond donors (Lipinski definition) is 0. The van der Waals surface area contributed by atoms with Crippen molar-refractivity contribution in [3.8, 4) is 11.5 Å². The number of fused-ring (bicyclic) bond motifs is 1. The summed E-state index contributed by atoms with van der Waals surface area (Å²) in [5.74, 6) is 1.84. The van der Waals surface area contributed by atoms with Gasteiger partial charge in [-0.2, -0.15) is 0 Å². The maximum atomic E-state index is 12.3. The van der Waals surface area contributed by atoms with Crippen molar-refractivity contribution >= 4 is 28.6 Å². The molecule has 3 rings (SSSR count). The van der Waals surface area contributed by atoms with E-state index in [1.807, 2.05) is 44.2 Å². The molecule has 184 valence electrons. The highest BCUT2D eigenvalue weighted by atomic mass is 35.5. The number of carbonyl (C=O) groups excluding carboxylic acids is 1. The summed E-state index contributed by atoms with van der Waals surface area (Å²) < 4.78 is 19.1. The number of carbonyl (C=O) groups is 1. The average molecular weight is 487 g/mol. The highest BCUT2D eigenvalue weighted by Gasteiger charge is 2.32. The Labute approximate surface area is 207 Å². The van der Waals surface area contributed by atoms with Gasteiger partial charge in [0.2, 0.25) is 0 Å². The van der Waals surface area contributed by atoms with Gasteiger partial charge in [0.15, 0.2) is 5.60 Å². The summed E-state index contributed by atoms with van der Waals surface area (Å²) in [5.41, 5.74) is 2.65. The number of hydrogen-bond acceptors (Lipinski definition) is 5. The van der Waals surface area contributed by atoms with E-state index in [9.17, 15) is 4.79 Å². The van der Waals surface area contributed by atoms with Crippen LogP contribution in [0.3, 0.4) is 0 Å². The largest absolute Gasteiger partial charge is 0.494 e. The fraction of sp³-hybridized carbons (Fsp3) is 0.481. The van der Waals surface area contributed by atoms with Crippen LogP contribution in [0.1, 0.15) is 63.9 Å². The Bertz CT molecular complexity index is 1150. The molecule has 6 nitrogen and oxygen atoms in total. The number of nitrogens with zero attached hydrogens (tertiary/aromatic N) is 2. The maximum Gasteiger partial charge on any atom is 0.349 e. The number of halogens is 1. The lowest BCUT2D eigenvalue weighted by Gasteiger charge is -2.24. The molecule has 2 aromatic carbocycles.